The molecule has 6 heteroatoms. The molecule has 0 bridgehead atoms. The van der Waals surface area contributed by atoms with Gasteiger partial charge in [0.1, 0.15) is 0 Å². The highest BCUT2D eigenvalue weighted by molar-refractivity contribution is 6.31. The van der Waals surface area contributed by atoms with Crippen LogP contribution in [0.25, 0.3) is 11.0 Å². The summed E-state index contributed by atoms with van der Waals surface area (Å²) in [5.41, 5.74) is 1.96. The van der Waals surface area contributed by atoms with Gasteiger partial charge in [-0.3, -0.25) is 9.36 Å². The van der Waals surface area contributed by atoms with Gasteiger partial charge in [-0.05, 0) is 42.0 Å². The Balaban J connectivity index is 1.67. The van der Waals surface area contributed by atoms with Crippen LogP contribution in [-0.2, 0) is 6.54 Å². The SMILES string of the molecule is O=c1[nH]c2cccnc2c(=O)n1Cc1ccc(C#Cc2ccccc2)cc1Cl. The van der Waals surface area contributed by atoms with Crippen LogP contribution in [0.2, 0.25) is 5.02 Å². The summed E-state index contributed by atoms with van der Waals surface area (Å²) in [6, 6.07) is 18.2. The highest BCUT2D eigenvalue weighted by Gasteiger charge is 2.10. The molecule has 2 aromatic carbocycles. The van der Waals surface area contributed by atoms with Crippen molar-refractivity contribution in [2.45, 2.75) is 6.54 Å². The Morgan fingerprint density at radius 2 is 1.75 bits per heavy atom. The fourth-order valence-corrected chi connectivity index (χ4v) is 3.05. The van der Waals surface area contributed by atoms with Gasteiger partial charge in [0, 0.05) is 22.3 Å². The lowest BCUT2D eigenvalue weighted by Gasteiger charge is -2.08. The van der Waals surface area contributed by atoms with Crippen LogP contribution in [0, 0.1) is 11.8 Å². The summed E-state index contributed by atoms with van der Waals surface area (Å²) in [6.07, 6.45) is 1.51. The van der Waals surface area contributed by atoms with E-state index in [9.17, 15) is 9.59 Å². The molecule has 0 saturated heterocycles. The molecule has 5 nitrogen and oxygen atoms in total. The standard InChI is InChI=1S/C22H14ClN3O2/c23-18-13-16(9-8-15-5-2-1-3-6-15)10-11-17(18)14-26-21(27)20-19(25-22(26)28)7-4-12-24-20/h1-7,10-13H,14H2,(H,25,28). The van der Waals surface area contributed by atoms with Crippen LogP contribution in [0.5, 0.6) is 0 Å². The minimum Gasteiger partial charge on any atom is -0.305 e. The molecule has 0 aliphatic rings. The van der Waals surface area contributed by atoms with Gasteiger partial charge in [0.2, 0.25) is 0 Å². The molecule has 136 valence electrons. The molecule has 0 fully saturated rings. The van der Waals surface area contributed by atoms with E-state index in [-0.39, 0.29) is 12.1 Å². The molecule has 0 unspecified atom stereocenters. The van der Waals surface area contributed by atoms with E-state index in [1.807, 2.05) is 36.4 Å². The predicted molar refractivity (Wildman–Crippen MR) is 110 cm³/mol. The van der Waals surface area contributed by atoms with E-state index in [0.717, 1.165) is 15.7 Å². The highest BCUT2D eigenvalue weighted by atomic mass is 35.5. The van der Waals surface area contributed by atoms with Crippen LogP contribution < -0.4 is 11.2 Å². The van der Waals surface area contributed by atoms with E-state index < -0.39 is 11.2 Å². The lowest BCUT2D eigenvalue weighted by molar-refractivity contribution is 0.709. The number of benzene rings is 2. The number of aromatic nitrogens is 3. The van der Waals surface area contributed by atoms with Gasteiger partial charge in [-0.1, -0.05) is 47.7 Å². The van der Waals surface area contributed by atoms with E-state index in [2.05, 4.69) is 21.8 Å². The van der Waals surface area contributed by atoms with Crippen molar-refractivity contribution in [2.75, 3.05) is 0 Å². The molecule has 2 heterocycles. The minimum absolute atomic E-state index is 0.0475. The molecule has 0 aliphatic heterocycles. The molecule has 28 heavy (non-hydrogen) atoms. The first-order valence-corrected chi connectivity index (χ1v) is 8.93. The molecule has 4 aromatic rings. The normalized spacial score (nSPS) is 10.5. The Bertz CT molecular complexity index is 1350. The monoisotopic (exact) mass is 387 g/mol. The lowest BCUT2D eigenvalue weighted by atomic mass is 10.1. The van der Waals surface area contributed by atoms with E-state index in [1.165, 1.54) is 6.20 Å². The van der Waals surface area contributed by atoms with E-state index in [0.29, 0.717) is 16.1 Å². The third kappa shape index (κ3) is 3.59. The molecular formula is C22H14ClN3O2. The number of H-pyrrole nitrogens is 1. The number of rotatable bonds is 2. The third-order valence-corrected chi connectivity index (χ3v) is 4.60. The molecule has 0 amide bonds. The number of pyridine rings is 1. The third-order valence-electron chi connectivity index (χ3n) is 4.25. The molecule has 2 aromatic heterocycles. The van der Waals surface area contributed by atoms with Gasteiger partial charge in [0.15, 0.2) is 5.52 Å². The van der Waals surface area contributed by atoms with Crippen molar-refractivity contribution in [3.05, 3.63) is 109 Å². The molecule has 0 radical (unpaired) electrons. The molecule has 0 aliphatic carbocycles. The first-order chi connectivity index (χ1) is 13.6. The van der Waals surface area contributed by atoms with E-state index in [4.69, 9.17) is 11.6 Å². The van der Waals surface area contributed by atoms with Crippen LogP contribution in [0.1, 0.15) is 16.7 Å². The van der Waals surface area contributed by atoms with Crippen molar-refractivity contribution in [1.29, 1.82) is 0 Å². The smallest absolute Gasteiger partial charge is 0.305 e. The molecule has 0 spiro atoms. The summed E-state index contributed by atoms with van der Waals surface area (Å²) in [7, 11) is 0. The highest BCUT2D eigenvalue weighted by Crippen LogP contribution is 2.18. The Hall–Kier alpha value is -3.62. The van der Waals surface area contributed by atoms with Gasteiger partial charge in [-0.25, -0.2) is 9.78 Å². The molecule has 0 saturated carbocycles. The second kappa shape index (κ2) is 7.55. The number of halogens is 1. The van der Waals surface area contributed by atoms with Crippen LogP contribution in [0.4, 0.5) is 0 Å². The quantitative estimate of drug-likeness (QED) is 0.537. The first-order valence-electron chi connectivity index (χ1n) is 8.55. The van der Waals surface area contributed by atoms with Crippen LogP contribution in [0.3, 0.4) is 0 Å². The summed E-state index contributed by atoms with van der Waals surface area (Å²) in [5.74, 6) is 6.13. The zero-order chi connectivity index (χ0) is 19.5. The molecule has 1 N–H and O–H groups in total. The van der Waals surface area contributed by atoms with Gasteiger partial charge >= 0.3 is 5.69 Å². The van der Waals surface area contributed by atoms with Crippen molar-refractivity contribution in [2.24, 2.45) is 0 Å². The van der Waals surface area contributed by atoms with Gasteiger partial charge in [0.25, 0.3) is 5.56 Å². The lowest BCUT2D eigenvalue weighted by Crippen LogP contribution is -2.35. The van der Waals surface area contributed by atoms with E-state index in [1.54, 1.807) is 24.3 Å². The van der Waals surface area contributed by atoms with Crippen molar-refractivity contribution in [3.63, 3.8) is 0 Å². The largest absolute Gasteiger partial charge is 0.329 e. The number of nitrogens with one attached hydrogen (secondary N) is 1. The number of fused-ring (bicyclic) bond motifs is 1. The summed E-state index contributed by atoms with van der Waals surface area (Å²) in [4.78, 5) is 31.6. The summed E-state index contributed by atoms with van der Waals surface area (Å²) in [6.45, 7) is 0.0475. The number of hydrogen-bond donors (Lipinski definition) is 1. The van der Waals surface area contributed by atoms with Gasteiger partial charge in [-0.2, -0.15) is 0 Å². The van der Waals surface area contributed by atoms with Crippen LogP contribution in [-0.4, -0.2) is 14.5 Å². The molecular weight excluding hydrogens is 374 g/mol. The number of nitrogens with zero attached hydrogens (tertiary/aromatic N) is 2. The zero-order valence-corrected chi connectivity index (χ0v) is 15.4. The molecule has 0 atom stereocenters. The average molecular weight is 388 g/mol. The number of aromatic amines is 1. The van der Waals surface area contributed by atoms with Crippen LogP contribution in [0.15, 0.2) is 76.4 Å². The maximum atomic E-state index is 12.6. The minimum atomic E-state index is -0.505. The summed E-state index contributed by atoms with van der Waals surface area (Å²) < 4.78 is 1.09. The Labute approximate surface area is 165 Å². The fourth-order valence-electron chi connectivity index (χ4n) is 2.81. The predicted octanol–water partition coefficient (Wildman–Crippen LogP) is 3.19. The molecule has 4 rings (SSSR count). The van der Waals surface area contributed by atoms with Gasteiger partial charge in [0.05, 0.1) is 12.1 Å². The summed E-state index contributed by atoms with van der Waals surface area (Å²) in [5, 5.41) is 0.437. The second-order valence-corrected chi connectivity index (χ2v) is 6.55. The van der Waals surface area contributed by atoms with Crippen LogP contribution >= 0.6 is 11.6 Å². The Kier molecular flexibility index (Phi) is 4.79. The average Bonchev–Trinajstić information content (AvgIpc) is 2.71. The van der Waals surface area contributed by atoms with Crippen molar-refractivity contribution in [1.82, 2.24) is 14.5 Å². The zero-order valence-electron chi connectivity index (χ0n) is 14.6. The van der Waals surface area contributed by atoms with Gasteiger partial charge < -0.3 is 4.98 Å². The summed E-state index contributed by atoms with van der Waals surface area (Å²) >= 11 is 6.37. The van der Waals surface area contributed by atoms with E-state index >= 15 is 0 Å². The fraction of sp³-hybridized carbons (Fsp3) is 0.0455. The van der Waals surface area contributed by atoms with Gasteiger partial charge in [-0.15, -0.1) is 0 Å². The van der Waals surface area contributed by atoms with Crippen molar-refractivity contribution < 1.29 is 0 Å². The Morgan fingerprint density at radius 3 is 2.54 bits per heavy atom. The maximum absolute atomic E-state index is 12.6. The Morgan fingerprint density at radius 1 is 0.964 bits per heavy atom. The maximum Gasteiger partial charge on any atom is 0.329 e. The van der Waals surface area contributed by atoms with Crippen molar-refractivity contribution >= 4 is 22.6 Å². The van der Waals surface area contributed by atoms with Crippen molar-refractivity contribution in [3.8, 4) is 11.8 Å². The second-order valence-electron chi connectivity index (χ2n) is 6.14. The topological polar surface area (TPSA) is 67.8 Å². The number of hydrogen-bond acceptors (Lipinski definition) is 3. The first kappa shape index (κ1) is 17.8.